The molecule has 1 saturated heterocycles. The molecule has 1 fully saturated rings. The Labute approximate surface area is 127 Å². The van der Waals surface area contributed by atoms with Gasteiger partial charge in [0.1, 0.15) is 0 Å². The van der Waals surface area contributed by atoms with Crippen molar-refractivity contribution in [2.24, 2.45) is 0 Å². The number of likely N-dealkylation sites (N-methyl/N-ethyl adjacent to an activating group) is 1. The minimum Gasteiger partial charge on any atom is -0.378 e. The second-order valence-corrected chi connectivity index (χ2v) is 4.76. The molecule has 0 aromatic rings. The Morgan fingerprint density at radius 3 is 2.50 bits per heavy atom. The molecular formula is C13H26ClN3O3. The number of carbonyl (C=O) groups excluding carboxylic acids is 2. The van der Waals surface area contributed by atoms with Crippen LogP contribution in [0, 0.1) is 0 Å². The third-order valence-electron chi connectivity index (χ3n) is 3.09. The molecule has 1 atom stereocenters. The average molecular weight is 308 g/mol. The standard InChI is InChI=1S/C13H25N3O3.ClH/c1-3-14-11(2)10-15-12(17)4-5-13(18)16-6-8-19-9-7-16;/h11,14H,3-10H2,1-2H3,(H,15,17);1H/t11-;/m1./s1. The molecule has 1 aliphatic rings. The second kappa shape index (κ2) is 10.9. The van der Waals surface area contributed by atoms with Crippen LogP contribution in [0.1, 0.15) is 26.7 Å². The van der Waals surface area contributed by atoms with E-state index in [-0.39, 0.29) is 43.1 Å². The van der Waals surface area contributed by atoms with Crippen LogP contribution in [0.15, 0.2) is 0 Å². The zero-order valence-corrected chi connectivity index (χ0v) is 13.1. The van der Waals surface area contributed by atoms with Crippen LogP contribution in [-0.4, -0.2) is 62.1 Å². The number of halogens is 1. The van der Waals surface area contributed by atoms with E-state index in [0.29, 0.717) is 32.8 Å². The zero-order chi connectivity index (χ0) is 14.1. The van der Waals surface area contributed by atoms with Crippen LogP contribution < -0.4 is 10.6 Å². The number of nitrogens with zero attached hydrogens (tertiary/aromatic N) is 1. The van der Waals surface area contributed by atoms with E-state index in [4.69, 9.17) is 4.74 Å². The zero-order valence-electron chi connectivity index (χ0n) is 12.3. The number of amides is 2. The summed E-state index contributed by atoms with van der Waals surface area (Å²) >= 11 is 0. The Kier molecular flexibility index (Phi) is 10.4. The van der Waals surface area contributed by atoms with Gasteiger partial charge < -0.3 is 20.3 Å². The van der Waals surface area contributed by atoms with Crippen molar-refractivity contribution in [1.29, 1.82) is 0 Å². The lowest BCUT2D eigenvalue weighted by molar-refractivity contribution is -0.137. The normalized spacial score (nSPS) is 16.2. The van der Waals surface area contributed by atoms with Gasteiger partial charge >= 0.3 is 0 Å². The minimum absolute atomic E-state index is 0. The molecule has 1 rings (SSSR count). The molecule has 0 unspecified atom stereocenters. The summed E-state index contributed by atoms with van der Waals surface area (Å²) in [6.07, 6.45) is 0.538. The third-order valence-corrected chi connectivity index (χ3v) is 3.09. The smallest absolute Gasteiger partial charge is 0.223 e. The van der Waals surface area contributed by atoms with Gasteiger partial charge in [-0.15, -0.1) is 12.4 Å². The van der Waals surface area contributed by atoms with Crippen molar-refractivity contribution in [2.45, 2.75) is 32.7 Å². The molecule has 0 saturated carbocycles. The van der Waals surface area contributed by atoms with Crippen molar-refractivity contribution in [2.75, 3.05) is 39.4 Å². The van der Waals surface area contributed by atoms with Crippen molar-refractivity contribution in [3.05, 3.63) is 0 Å². The number of hydrogen-bond donors (Lipinski definition) is 2. The van der Waals surface area contributed by atoms with Gasteiger partial charge in [0.2, 0.25) is 11.8 Å². The van der Waals surface area contributed by atoms with Crippen LogP contribution in [-0.2, 0) is 14.3 Å². The SMILES string of the molecule is CCN[C@H](C)CNC(=O)CCC(=O)N1CCOCC1.Cl. The quantitative estimate of drug-likeness (QED) is 0.703. The van der Waals surface area contributed by atoms with Crippen molar-refractivity contribution < 1.29 is 14.3 Å². The summed E-state index contributed by atoms with van der Waals surface area (Å²) in [6, 6.07) is 0.254. The molecule has 0 radical (unpaired) electrons. The Morgan fingerprint density at radius 2 is 1.90 bits per heavy atom. The number of nitrogens with one attached hydrogen (secondary N) is 2. The molecule has 1 heterocycles. The lowest BCUT2D eigenvalue weighted by Gasteiger charge is -2.26. The van der Waals surface area contributed by atoms with Crippen LogP contribution in [0.5, 0.6) is 0 Å². The summed E-state index contributed by atoms with van der Waals surface area (Å²) in [4.78, 5) is 25.2. The number of ether oxygens (including phenoxy) is 1. The second-order valence-electron chi connectivity index (χ2n) is 4.76. The fourth-order valence-electron chi connectivity index (χ4n) is 1.97. The summed E-state index contributed by atoms with van der Waals surface area (Å²) in [7, 11) is 0. The molecule has 7 heteroatoms. The fourth-order valence-corrected chi connectivity index (χ4v) is 1.97. The van der Waals surface area contributed by atoms with E-state index in [2.05, 4.69) is 10.6 Å². The van der Waals surface area contributed by atoms with Gasteiger partial charge in [-0.1, -0.05) is 6.92 Å². The number of hydrogen-bond acceptors (Lipinski definition) is 4. The molecule has 0 spiro atoms. The first kappa shape index (κ1) is 19.1. The highest BCUT2D eigenvalue weighted by Gasteiger charge is 2.17. The van der Waals surface area contributed by atoms with Crippen molar-refractivity contribution >= 4 is 24.2 Å². The first-order valence-electron chi connectivity index (χ1n) is 6.99. The Morgan fingerprint density at radius 1 is 1.25 bits per heavy atom. The van der Waals surface area contributed by atoms with Gasteiger partial charge in [0.15, 0.2) is 0 Å². The van der Waals surface area contributed by atoms with Gasteiger partial charge in [0.25, 0.3) is 0 Å². The van der Waals surface area contributed by atoms with Gasteiger partial charge in [-0.3, -0.25) is 9.59 Å². The van der Waals surface area contributed by atoms with Crippen molar-refractivity contribution in [3.63, 3.8) is 0 Å². The molecule has 6 nitrogen and oxygen atoms in total. The summed E-state index contributed by atoms with van der Waals surface area (Å²) in [5.41, 5.74) is 0. The maximum Gasteiger partial charge on any atom is 0.223 e. The van der Waals surface area contributed by atoms with E-state index in [1.54, 1.807) is 4.90 Å². The van der Waals surface area contributed by atoms with Crippen LogP contribution in [0.4, 0.5) is 0 Å². The molecule has 2 N–H and O–H groups in total. The lowest BCUT2D eigenvalue weighted by atomic mass is 10.2. The molecule has 0 aliphatic carbocycles. The van der Waals surface area contributed by atoms with E-state index < -0.39 is 0 Å². The largest absolute Gasteiger partial charge is 0.378 e. The number of rotatable bonds is 7. The van der Waals surface area contributed by atoms with Gasteiger partial charge in [-0.2, -0.15) is 0 Å². The molecule has 0 aromatic carbocycles. The number of morpholine rings is 1. The minimum atomic E-state index is -0.0636. The maximum absolute atomic E-state index is 11.8. The Balaban J connectivity index is 0.00000361. The van der Waals surface area contributed by atoms with Gasteiger partial charge in [-0.25, -0.2) is 0 Å². The molecule has 2 amide bonds. The predicted molar refractivity (Wildman–Crippen MR) is 80.0 cm³/mol. The van der Waals surface area contributed by atoms with E-state index in [9.17, 15) is 9.59 Å². The van der Waals surface area contributed by atoms with E-state index in [1.165, 1.54) is 0 Å². The van der Waals surface area contributed by atoms with E-state index in [0.717, 1.165) is 6.54 Å². The summed E-state index contributed by atoms with van der Waals surface area (Å²) in [5.74, 6) is -0.0236. The molecule has 0 bridgehead atoms. The van der Waals surface area contributed by atoms with Crippen molar-refractivity contribution in [1.82, 2.24) is 15.5 Å². The van der Waals surface area contributed by atoms with E-state index >= 15 is 0 Å². The lowest BCUT2D eigenvalue weighted by Crippen LogP contribution is -2.42. The van der Waals surface area contributed by atoms with Crippen LogP contribution in [0.25, 0.3) is 0 Å². The summed E-state index contributed by atoms with van der Waals surface area (Å²) in [6.45, 7) is 7.99. The first-order valence-corrected chi connectivity index (χ1v) is 6.99. The first-order chi connectivity index (χ1) is 9.13. The van der Waals surface area contributed by atoms with Gasteiger partial charge in [-0.05, 0) is 13.5 Å². The van der Waals surface area contributed by atoms with Gasteiger partial charge in [0.05, 0.1) is 13.2 Å². The highest BCUT2D eigenvalue weighted by molar-refractivity contribution is 5.85. The van der Waals surface area contributed by atoms with Crippen LogP contribution in [0.3, 0.4) is 0 Å². The number of carbonyl (C=O) groups is 2. The predicted octanol–water partition coefficient (Wildman–Crippen LogP) is 0.161. The van der Waals surface area contributed by atoms with Crippen LogP contribution >= 0.6 is 12.4 Å². The Hall–Kier alpha value is -0.850. The van der Waals surface area contributed by atoms with Crippen LogP contribution in [0.2, 0.25) is 0 Å². The highest BCUT2D eigenvalue weighted by Crippen LogP contribution is 2.02. The third kappa shape index (κ3) is 7.67. The summed E-state index contributed by atoms with van der Waals surface area (Å²) < 4.78 is 5.18. The molecule has 118 valence electrons. The van der Waals surface area contributed by atoms with Gasteiger partial charge in [0, 0.05) is 38.5 Å². The molecule has 1 aliphatic heterocycles. The van der Waals surface area contributed by atoms with E-state index in [1.807, 2.05) is 13.8 Å². The molecule has 0 aromatic heterocycles. The fraction of sp³-hybridized carbons (Fsp3) is 0.846. The van der Waals surface area contributed by atoms with Crippen molar-refractivity contribution in [3.8, 4) is 0 Å². The maximum atomic E-state index is 11.8. The topological polar surface area (TPSA) is 70.7 Å². The average Bonchev–Trinajstić information content (AvgIpc) is 2.44. The highest BCUT2D eigenvalue weighted by atomic mass is 35.5. The summed E-state index contributed by atoms with van der Waals surface area (Å²) in [5, 5.41) is 6.04. The monoisotopic (exact) mass is 307 g/mol. The molecular weight excluding hydrogens is 282 g/mol. The molecule has 20 heavy (non-hydrogen) atoms. The Bertz CT molecular complexity index is 297.